The number of hydrogen-bond acceptors (Lipinski definition) is 3. The van der Waals surface area contributed by atoms with Crippen LogP contribution in [0.5, 0.6) is 5.75 Å². The molecule has 1 aliphatic rings. The molecule has 1 unspecified atom stereocenters. The van der Waals surface area contributed by atoms with Crippen molar-refractivity contribution in [1.29, 1.82) is 0 Å². The van der Waals surface area contributed by atoms with Gasteiger partial charge in [-0.15, -0.1) is 13.2 Å². The Balaban J connectivity index is 1.60. The number of carbonyl (C=O) groups excluding carboxylic acids is 1. The maximum atomic E-state index is 12.3. The summed E-state index contributed by atoms with van der Waals surface area (Å²) in [6.07, 6.45) is -1.11. The molecule has 0 radical (unpaired) electrons. The molecule has 0 aliphatic heterocycles. The Hall–Kier alpha value is -2.51. The van der Waals surface area contributed by atoms with Crippen LogP contribution in [0.2, 0.25) is 0 Å². The van der Waals surface area contributed by atoms with Gasteiger partial charge in [-0.05, 0) is 37.1 Å². The molecule has 0 saturated carbocycles. The van der Waals surface area contributed by atoms with Crippen molar-refractivity contribution in [3.05, 3.63) is 42.0 Å². The number of hydrogen-bond donors (Lipinski definition) is 2. The molecule has 1 atom stereocenters. The van der Waals surface area contributed by atoms with Gasteiger partial charge in [-0.25, -0.2) is 4.98 Å². The molecule has 23 heavy (non-hydrogen) atoms. The van der Waals surface area contributed by atoms with E-state index in [1.54, 1.807) is 6.33 Å². The van der Waals surface area contributed by atoms with Crippen LogP contribution < -0.4 is 10.1 Å². The van der Waals surface area contributed by atoms with E-state index in [1.807, 2.05) is 0 Å². The van der Waals surface area contributed by atoms with Crippen molar-refractivity contribution in [2.75, 3.05) is 5.32 Å². The van der Waals surface area contributed by atoms with Gasteiger partial charge in [0.1, 0.15) is 5.75 Å². The predicted octanol–water partition coefficient (Wildman–Crippen LogP) is 3.05. The van der Waals surface area contributed by atoms with Crippen LogP contribution in [0, 0.1) is 5.92 Å². The average Bonchev–Trinajstić information content (AvgIpc) is 2.95. The highest BCUT2D eigenvalue weighted by Gasteiger charge is 2.31. The van der Waals surface area contributed by atoms with E-state index in [1.165, 1.54) is 12.1 Å². The molecule has 1 amide bonds. The predicted molar refractivity (Wildman–Crippen MR) is 75.9 cm³/mol. The SMILES string of the molecule is O=C(Nc1ccc(OC(F)(F)F)cc1)C1CCc2nc[nH]c2C1. The van der Waals surface area contributed by atoms with E-state index in [-0.39, 0.29) is 17.6 Å². The van der Waals surface area contributed by atoms with Gasteiger partial charge in [0.25, 0.3) is 0 Å². The van der Waals surface area contributed by atoms with E-state index in [4.69, 9.17) is 0 Å². The number of aryl methyl sites for hydroxylation is 1. The Morgan fingerprint density at radius 1 is 1.30 bits per heavy atom. The fraction of sp³-hybridized carbons (Fsp3) is 0.333. The lowest BCUT2D eigenvalue weighted by atomic mass is 9.89. The van der Waals surface area contributed by atoms with Crippen LogP contribution in [0.25, 0.3) is 0 Å². The summed E-state index contributed by atoms with van der Waals surface area (Å²) in [5.41, 5.74) is 2.38. The van der Waals surface area contributed by atoms with Gasteiger partial charge in [0.15, 0.2) is 0 Å². The normalized spacial score (nSPS) is 17.4. The first-order chi connectivity index (χ1) is 10.9. The molecule has 3 rings (SSSR count). The van der Waals surface area contributed by atoms with Crippen LogP contribution in [0.1, 0.15) is 17.8 Å². The number of ether oxygens (including phenoxy) is 1. The molecule has 1 aromatic heterocycles. The molecule has 8 heteroatoms. The van der Waals surface area contributed by atoms with Crippen molar-refractivity contribution < 1.29 is 22.7 Å². The molecule has 5 nitrogen and oxygen atoms in total. The van der Waals surface area contributed by atoms with Crippen LogP contribution >= 0.6 is 0 Å². The fourth-order valence-electron chi connectivity index (χ4n) is 2.61. The monoisotopic (exact) mass is 325 g/mol. The number of aromatic amines is 1. The number of alkyl halides is 3. The number of nitrogens with zero attached hydrogens (tertiary/aromatic N) is 1. The fourth-order valence-corrected chi connectivity index (χ4v) is 2.61. The lowest BCUT2D eigenvalue weighted by molar-refractivity contribution is -0.274. The zero-order valence-electron chi connectivity index (χ0n) is 12.0. The first kappa shape index (κ1) is 15.4. The summed E-state index contributed by atoms with van der Waals surface area (Å²) in [5, 5.41) is 2.71. The van der Waals surface area contributed by atoms with E-state index in [0.29, 0.717) is 18.5 Å². The Kier molecular flexibility index (Phi) is 3.97. The van der Waals surface area contributed by atoms with Gasteiger partial charge in [0, 0.05) is 23.7 Å². The van der Waals surface area contributed by atoms with E-state index >= 15 is 0 Å². The number of amides is 1. The number of aromatic nitrogens is 2. The Labute approximate surface area is 129 Å². The Morgan fingerprint density at radius 2 is 2.04 bits per heavy atom. The van der Waals surface area contributed by atoms with Gasteiger partial charge >= 0.3 is 6.36 Å². The first-order valence-corrected chi connectivity index (χ1v) is 7.08. The number of anilines is 1. The number of fused-ring (bicyclic) bond motifs is 1. The maximum Gasteiger partial charge on any atom is 0.573 e. The van der Waals surface area contributed by atoms with Gasteiger partial charge in [-0.2, -0.15) is 0 Å². The number of imidazole rings is 1. The molecule has 0 spiro atoms. The van der Waals surface area contributed by atoms with Crippen LogP contribution in [-0.2, 0) is 17.6 Å². The highest BCUT2D eigenvalue weighted by atomic mass is 19.4. The summed E-state index contributed by atoms with van der Waals surface area (Å²) < 4.78 is 40.1. The van der Waals surface area contributed by atoms with Crippen LogP contribution in [0.4, 0.5) is 18.9 Å². The third kappa shape index (κ3) is 3.82. The van der Waals surface area contributed by atoms with Gasteiger partial charge in [-0.1, -0.05) is 0 Å². The second-order valence-electron chi connectivity index (χ2n) is 5.33. The number of H-pyrrole nitrogens is 1. The second-order valence-corrected chi connectivity index (χ2v) is 5.33. The van der Waals surface area contributed by atoms with Crippen molar-refractivity contribution in [3.8, 4) is 5.75 Å². The summed E-state index contributed by atoms with van der Waals surface area (Å²) in [4.78, 5) is 19.5. The van der Waals surface area contributed by atoms with Crippen LogP contribution in [0.15, 0.2) is 30.6 Å². The molecule has 2 aromatic rings. The summed E-state index contributed by atoms with van der Waals surface area (Å²) in [6.45, 7) is 0. The lowest BCUT2D eigenvalue weighted by Crippen LogP contribution is -2.28. The molecule has 0 saturated heterocycles. The minimum atomic E-state index is -4.73. The number of carbonyl (C=O) groups is 1. The zero-order chi connectivity index (χ0) is 16.4. The van der Waals surface area contributed by atoms with Crippen LogP contribution in [0.3, 0.4) is 0 Å². The number of nitrogens with one attached hydrogen (secondary N) is 2. The molecule has 2 N–H and O–H groups in total. The maximum absolute atomic E-state index is 12.3. The molecule has 1 heterocycles. The summed E-state index contributed by atoms with van der Waals surface area (Å²) in [7, 11) is 0. The standard InChI is InChI=1S/C15H14F3N3O2/c16-15(17,18)23-11-4-2-10(3-5-11)21-14(22)9-1-6-12-13(7-9)20-8-19-12/h2-5,8-9H,1,6-7H2,(H,19,20)(H,21,22). The lowest BCUT2D eigenvalue weighted by Gasteiger charge is -2.20. The summed E-state index contributed by atoms with van der Waals surface area (Å²) in [6, 6.07) is 5.08. The third-order valence-corrected chi connectivity index (χ3v) is 3.71. The smallest absolute Gasteiger partial charge is 0.406 e. The van der Waals surface area contributed by atoms with E-state index < -0.39 is 6.36 Å². The van der Waals surface area contributed by atoms with E-state index in [9.17, 15) is 18.0 Å². The van der Waals surface area contributed by atoms with Crippen molar-refractivity contribution in [2.45, 2.75) is 25.6 Å². The molecule has 122 valence electrons. The second kappa shape index (κ2) is 5.94. The highest BCUT2D eigenvalue weighted by Crippen LogP contribution is 2.26. The Morgan fingerprint density at radius 3 is 2.74 bits per heavy atom. The van der Waals surface area contributed by atoms with Gasteiger partial charge in [0.05, 0.1) is 12.0 Å². The minimum Gasteiger partial charge on any atom is -0.406 e. The van der Waals surface area contributed by atoms with Gasteiger partial charge in [-0.3, -0.25) is 4.79 Å². The number of benzene rings is 1. The number of rotatable bonds is 3. The molecular formula is C15H14F3N3O2. The molecular weight excluding hydrogens is 311 g/mol. The molecule has 1 aromatic carbocycles. The summed E-state index contributed by atoms with van der Waals surface area (Å²) >= 11 is 0. The first-order valence-electron chi connectivity index (χ1n) is 7.08. The average molecular weight is 325 g/mol. The zero-order valence-corrected chi connectivity index (χ0v) is 12.0. The van der Waals surface area contributed by atoms with Crippen molar-refractivity contribution in [3.63, 3.8) is 0 Å². The quantitative estimate of drug-likeness (QED) is 0.911. The van der Waals surface area contributed by atoms with Crippen LogP contribution in [-0.4, -0.2) is 22.2 Å². The highest BCUT2D eigenvalue weighted by molar-refractivity contribution is 5.92. The topological polar surface area (TPSA) is 67.0 Å². The molecule has 0 fully saturated rings. The molecule has 1 aliphatic carbocycles. The van der Waals surface area contributed by atoms with Crippen molar-refractivity contribution in [1.82, 2.24) is 9.97 Å². The summed E-state index contributed by atoms with van der Waals surface area (Å²) in [5.74, 6) is -0.668. The molecule has 0 bridgehead atoms. The largest absolute Gasteiger partial charge is 0.573 e. The Bertz CT molecular complexity index is 695. The third-order valence-electron chi connectivity index (χ3n) is 3.71. The van der Waals surface area contributed by atoms with Gasteiger partial charge in [0.2, 0.25) is 5.91 Å². The van der Waals surface area contributed by atoms with Crippen molar-refractivity contribution >= 4 is 11.6 Å². The van der Waals surface area contributed by atoms with Crippen molar-refractivity contribution in [2.24, 2.45) is 5.92 Å². The van der Waals surface area contributed by atoms with Gasteiger partial charge < -0.3 is 15.0 Å². The number of halogens is 3. The van der Waals surface area contributed by atoms with E-state index in [0.717, 1.165) is 29.9 Å². The van der Waals surface area contributed by atoms with E-state index in [2.05, 4.69) is 20.0 Å². The minimum absolute atomic E-state index is 0.158.